The van der Waals surface area contributed by atoms with Crippen molar-refractivity contribution in [3.63, 3.8) is 0 Å². The Morgan fingerprint density at radius 2 is 2.20 bits per heavy atom. The van der Waals surface area contributed by atoms with E-state index in [2.05, 4.69) is 36.1 Å². The number of aryl methyl sites for hydroxylation is 1. The highest BCUT2D eigenvalue weighted by atomic mass is 16.5. The van der Waals surface area contributed by atoms with Crippen LogP contribution in [-0.2, 0) is 16.0 Å². The minimum absolute atomic E-state index is 0.118. The van der Waals surface area contributed by atoms with Crippen LogP contribution in [0.3, 0.4) is 0 Å². The molecule has 0 N–H and O–H groups in total. The molecule has 0 bridgehead atoms. The summed E-state index contributed by atoms with van der Waals surface area (Å²) in [6, 6.07) is 8.80. The van der Waals surface area contributed by atoms with Crippen LogP contribution in [0.25, 0.3) is 0 Å². The largest absolute Gasteiger partial charge is 0.469 e. The van der Waals surface area contributed by atoms with E-state index in [1.165, 1.54) is 37.5 Å². The molecule has 3 heteroatoms. The Labute approximate surface area is 121 Å². The van der Waals surface area contributed by atoms with E-state index in [4.69, 9.17) is 4.74 Å². The van der Waals surface area contributed by atoms with Crippen molar-refractivity contribution in [1.29, 1.82) is 0 Å². The van der Waals surface area contributed by atoms with Crippen LogP contribution in [0.5, 0.6) is 0 Å². The van der Waals surface area contributed by atoms with Crippen molar-refractivity contribution in [2.45, 2.75) is 38.5 Å². The predicted octanol–water partition coefficient (Wildman–Crippen LogP) is 2.99. The molecule has 0 aliphatic heterocycles. The van der Waals surface area contributed by atoms with Gasteiger partial charge in [0.15, 0.2) is 0 Å². The number of fused-ring (bicyclic) bond motifs is 1. The Morgan fingerprint density at radius 1 is 1.40 bits per heavy atom. The number of esters is 1. The topological polar surface area (TPSA) is 29.5 Å². The molecule has 1 aromatic carbocycles. The fourth-order valence-corrected chi connectivity index (χ4v) is 3.09. The van der Waals surface area contributed by atoms with E-state index in [1.54, 1.807) is 0 Å². The van der Waals surface area contributed by atoms with Gasteiger partial charge in [-0.15, -0.1) is 0 Å². The van der Waals surface area contributed by atoms with Crippen LogP contribution in [-0.4, -0.2) is 37.6 Å². The quantitative estimate of drug-likeness (QED) is 0.748. The van der Waals surface area contributed by atoms with Crippen LogP contribution < -0.4 is 0 Å². The minimum Gasteiger partial charge on any atom is -0.469 e. The van der Waals surface area contributed by atoms with Crippen molar-refractivity contribution >= 4 is 5.97 Å². The number of carbonyl (C=O) groups excluding carboxylic acids is 1. The first-order valence-corrected chi connectivity index (χ1v) is 7.61. The van der Waals surface area contributed by atoms with Crippen LogP contribution in [0.1, 0.15) is 43.2 Å². The number of hydrogen-bond acceptors (Lipinski definition) is 3. The number of likely N-dealkylation sites (N-methyl/N-ethyl adjacent to an activating group) is 1. The Hall–Kier alpha value is -1.35. The highest BCUT2D eigenvalue weighted by molar-refractivity contribution is 5.69. The molecule has 0 heterocycles. The molecule has 110 valence electrons. The molecule has 0 spiro atoms. The lowest BCUT2D eigenvalue weighted by Crippen LogP contribution is -2.32. The zero-order valence-corrected chi connectivity index (χ0v) is 12.6. The average molecular weight is 275 g/mol. The molecule has 0 saturated heterocycles. The number of methoxy groups -OCH3 is 1. The molecule has 0 aromatic heterocycles. The molecule has 0 fully saturated rings. The maximum absolute atomic E-state index is 11.3. The van der Waals surface area contributed by atoms with Crippen LogP contribution in [0.4, 0.5) is 0 Å². The van der Waals surface area contributed by atoms with Gasteiger partial charge < -0.3 is 9.64 Å². The predicted molar refractivity (Wildman–Crippen MR) is 80.9 cm³/mol. The van der Waals surface area contributed by atoms with Gasteiger partial charge in [0.1, 0.15) is 0 Å². The SMILES string of the molecule is CCN(CCC(=O)OC)CC1CCCc2ccccc21. The maximum atomic E-state index is 11.3. The van der Waals surface area contributed by atoms with Gasteiger partial charge in [-0.25, -0.2) is 0 Å². The van der Waals surface area contributed by atoms with Crippen molar-refractivity contribution in [3.05, 3.63) is 35.4 Å². The molecule has 1 atom stereocenters. The molecule has 1 aliphatic rings. The van der Waals surface area contributed by atoms with Crippen molar-refractivity contribution in [2.24, 2.45) is 0 Å². The van der Waals surface area contributed by atoms with Gasteiger partial charge in [0.25, 0.3) is 0 Å². The molecular weight excluding hydrogens is 250 g/mol. The molecule has 0 saturated carbocycles. The van der Waals surface area contributed by atoms with Gasteiger partial charge in [0.05, 0.1) is 13.5 Å². The van der Waals surface area contributed by atoms with Crippen molar-refractivity contribution in [3.8, 4) is 0 Å². The summed E-state index contributed by atoms with van der Waals surface area (Å²) in [5.74, 6) is 0.491. The lowest BCUT2D eigenvalue weighted by atomic mass is 9.82. The van der Waals surface area contributed by atoms with Crippen molar-refractivity contribution < 1.29 is 9.53 Å². The average Bonchev–Trinajstić information content (AvgIpc) is 2.51. The van der Waals surface area contributed by atoms with Crippen LogP contribution in [0.15, 0.2) is 24.3 Å². The molecular formula is C17H25NO2. The highest BCUT2D eigenvalue weighted by Crippen LogP contribution is 2.32. The van der Waals surface area contributed by atoms with Gasteiger partial charge in [-0.3, -0.25) is 4.79 Å². The molecule has 0 amide bonds. The third-order valence-electron chi connectivity index (χ3n) is 4.28. The number of nitrogens with zero attached hydrogens (tertiary/aromatic N) is 1. The number of ether oxygens (including phenoxy) is 1. The summed E-state index contributed by atoms with van der Waals surface area (Å²) < 4.78 is 4.73. The summed E-state index contributed by atoms with van der Waals surface area (Å²) in [5, 5.41) is 0. The van der Waals surface area contributed by atoms with E-state index in [0.29, 0.717) is 12.3 Å². The second kappa shape index (κ2) is 7.44. The minimum atomic E-state index is -0.118. The Balaban J connectivity index is 1.96. The normalized spacial score (nSPS) is 17.9. The first-order valence-electron chi connectivity index (χ1n) is 7.61. The monoisotopic (exact) mass is 275 g/mol. The fraction of sp³-hybridized carbons (Fsp3) is 0.588. The summed E-state index contributed by atoms with van der Waals surface area (Å²) in [5.41, 5.74) is 3.02. The van der Waals surface area contributed by atoms with E-state index in [0.717, 1.165) is 19.6 Å². The van der Waals surface area contributed by atoms with Crippen LogP contribution in [0, 0.1) is 0 Å². The molecule has 1 unspecified atom stereocenters. The fourth-order valence-electron chi connectivity index (χ4n) is 3.09. The maximum Gasteiger partial charge on any atom is 0.306 e. The summed E-state index contributed by atoms with van der Waals surface area (Å²) in [4.78, 5) is 13.6. The Kier molecular flexibility index (Phi) is 5.60. The van der Waals surface area contributed by atoms with E-state index in [9.17, 15) is 4.79 Å². The first-order chi connectivity index (χ1) is 9.74. The molecule has 20 heavy (non-hydrogen) atoms. The van der Waals surface area contributed by atoms with Gasteiger partial charge in [-0.2, -0.15) is 0 Å². The second-order valence-corrected chi connectivity index (χ2v) is 5.51. The smallest absolute Gasteiger partial charge is 0.306 e. The highest BCUT2D eigenvalue weighted by Gasteiger charge is 2.21. The third-order valence-corrected chi connectivity index (χ3v) is 4.28. The van der Waals surface area contributed by atoms with E-state index >= 15 is 0 Å². The summed E-state index contributed by atoms with van der Waals surface area (Å²) in [7, 11) is 1.45. The van der Waals surface area contributed by atoms with E-state index < -0.39 is 0 Å². The van der Waals surface area contributed by atoms with E-state index in [1.807, 2.05) is 0 Å². The first kappa shape index (κ1) is 15.0. The molecule has 0 radical (unpaired) electrons. The Morgan fingerprint density at radius 3 is 2.95 bits per heavy atom. The zero-order valence-electron chi connectivity index (χ0n) is 12.6. The molecule has 3 nitrogen and oxygen atoms in total. The van der Waals surface area contributed by atoms with Crippen LogP contribution in [0.2, 0.25) is 0 Å². The van der Waals surface area contributed by atoms with Gasteiger partial charge in [-0.1, -0.05) is 31.2 Å². The number of carbonyl (C=O) groups is 1. The lowest BCUT2D eigenvalue weighted by Gasteiger charge is -2.30. The van der Waals surface area contributed by atoms with E-state index in [-0.39, 0.29) is 5.97 Å². The molecule has 1 aromatic rings. The zero-order chi connectivity index (χ0) is 14.4. The van der Waals surface area contributed by atoms with Gasteiger partial charge in [0.2, 0.25) is 0 Å². The van der Waals surface area contributed by atoms with Crippen molar-refractivity contribution in [1.82, 2.24) is 4.90 Å². The number of benzene rings is 1. The van der Waals surface area contributed by atoms with Crippen LogP contribution >= 0.6 is 0 Å². The summed E-state index contributed by atoms with van der Waals surface area (Å²) in [6.45, 7) is 4.98. The molecule has 2 rings (SSSR count). The van der Waals surface area contributed by atoms with Crippen molar-refractivity contribution in [2.75, 3.05) is 26.7 Å². The molecule has 1 aliphatic carbocycles. The number of rotatable bonds is 6. The van der Waals surface area contributed by atoms with Gasteiger partial charge in [0, 0.05) is 13.1 Å². The lowest BCUT2D eigenvalue weighted by molar-refractivity contribution is -0.141. The summed E-state index contributed by atoms with van der Waals surface area (Å²) in [6.07, 6.45) is 4.22. The summed E-state index contributed by atoms with van der Waals surface area (Å²) >= 11 is 0. The Bertz CT molecular complexity index is 444. The van der Waals surface area contributed by atoms with Gasteiger partial charge >= 0.3 is 5.97 Å². The number of hydrogen-bond donors (Lipinski definition) is 0. The second-order valence-electron chi connectivity index (χ2n) is 5.51. The third kappa shape index (κ3) is 3.83. The standard InChI is InChI=1S/C17H25NO2/c1-3-18(12-11-17(19)20-2)13-15-9-6-8-14-7-4-5-10-16(14)15/h4-5,7,10,15H,3,6,8-9,11-13H2,1-2H3. The van der Waals surface area contributed by atoms with Gasteiger partial charge in [-0.05, 0) is 42.9 Å².